The molecule has 1 aromatic carbocycles. The zero-order valence-corrected chi connectivity index (χ0v) is 14.3. The van der Waals surface area contributed by atoms with Crippen molar-refractivity contribution in [3.8, 4) is 5.69 Å². The number of carbonyl (C=O) groups is 1. The van der Waals surface area contributed by atoms with Gasteiger partial charge in [-0.05, 0) is 36.8 Å². The van der Waals surface area contributed by atoms with Crippen LogP contribution in [0.3, 0.4) is 0 Å². The van der Waals surface area contributed by atoms with Crippen LogP contribution in [0.25, 0.3) is 5.69 Å². The Balaban J connectivity index is 1.77. The molecule has 2 heterocycles. The SMILES string of the molecule is CC(c1ccc(-n2cncn2)cc1)N(C)C(=O)c1ccc(Cl)s1. The Kier molecular flexibility index (Phi) is 4.45. The molecule has 3 aromatic rings. The van der Waals surface area contributed by atoms with Crippen molar-refractivity contribution in [1.82, 2.24) is 19.7 Å². The van der Waals surface area contributed by atoms with Gasteiger partial charge in [0.05, 0.1) is 20.9 Å². The van der Waals surface area contributed by atoms with Gasteiger partial charge in [-0.2, -0.15) is 5.10 Å². The summed E-state index contributed by atoms with van der Waals surface area (Å²) < 4.78 is 2.31. The van der Waals surface area contributed by atoms with E-state index in [9.17, 15) is 4.79 Å². The molecule has 3 rings (SSSR count). The van der Waals surface area contributed by atoms with E-state index in [-0.39, 0.29) is 11.9 Å². The van der Waals surface area contributed by atoms with Crippen molar-refractivity contribution in [3.05, 3.63) is 63.8 Å². The molecule has 1 amide bonds. The monoisotopic (exact) mass is 346 g/mol. The first kappa shape index (κ1) is 15.7. The summed E-state index contributed by atoms with van der Waals surface area (Å²) in [7, 11) is 1.80. The van der Waals surface area contributed by atoms with Crippen molar-refractivity contribution in [2.24, 2.45) is 0 Å². The molecule has 0 bridgehead atoms. The Morgan fingerprint density at radius 2 is 2.00 bits per heavy atom. The van der Waals surface area contributed by atoms with E-state index in [0.717, 1.165) is 11.3 Å². The van der Waals surface area contributed by atoms with Gasteiger partial charge in [0.25, 0.3) is 5.91 Å². The van der Waals surface area contributed by atoms with E-state index in [1.165, 1.54) is 17.7 Å². The molecule has 0 fully saturated rings. The lowest BCUT2D eigenvalue weighted by Crippen LogP contribution is -2.29. The minimum Gasteiger partial charge on any atom is -0.334 e. The van der Waals surface area contributed by atoms with Gasteiger partial charge in [0.1, 0.15) is 12.7 Å². The van der Waals surface area contributed by atoms with Crippen LogP contribution in [0.5, 0.6) is 0 Å². The summed E-state index contributed by atoms with van der Waals surface area (Å²) >= 11 is 7.20. The highest BCUT2D eigenvalue weighted by molar-refractivity contribution is 7.17. The van der Waals surface area contributed by atoms with Gasteiger partial charge >= 0.3 is 0 Å². The van der Waals surface area contributed by atoms with E-state index >= 15 is 0 Å². The highest BCUT2D eigenvalue weighted by Gasteiger charge is 2.20. The molecule has 0 saturated heterocycles. The zero-order valence-electron chi connectivity index (χ0n) is 12.7. The van der Waals surface area contributed by atoms with Crippen LogP contribution in [0, 0.1) is 0 Å². The molecule has 7 heteroatoms. The predicted molar refractivity (Wildman–Crippen MR) is 91.2 cm³/mol. The first-order valence-corrected chi connectivity index (χ1v) is 8.23. The van der Waals surface area contributed by atoms with Gasteiger partial charge in [0, 0.05) is 7.05 Å². The summed E-state index contributed by atoms with van der Waals surface area (Å²) in [6, 6.07) is 11.4. The van der Waals surface area contributed by atoms with Crippen molar-refractivity contribution in [3.63, 3.8) is 0 Å². The largest absolute Gasteiger partial charge is 0.334 e. The van der Waals surface area contributed by atoms with Crippen molar-refractivity contribution in [2.45, 2.75) is 13.0 Å². The number of halogens is 1. The number of hydrogen-bond acceptors (Lipinski definition) is 4. The van der Waals surface area contributed by atoms with E-state index in [2.05, 4.69) is 10.1 Å². The molecule has 1 atom stereocenters. The average Bonchev–Trinajstić information content (AvgIpc) is 3.24. The lowest BCUT2D eigenvalue weighted by atomic mass is 10.1. The van der Waals surface area contributed by atoms with Crippen LogP contribution < -0.4 is 0 Å². The molecule has 118 valence electrons. The number of rotatable bonds is 4. The fourth-order valence-corrected chi connectivity index (χ4v) is 3.28. The molecule has 23 heavy (non-hydrogen) atoms. The number of carbonyl (C=O) groups excluding carboxylic acids is 1. The van der Waals surface area contributed by atoms with E-state index in [0.29, 0.717) is 9.21 Å². The lowest BCUT2D eigenvalue weighted by molar-refractivity contribution is 0.0747. The van der Waals surface area contributed by atoms with Crippen LogP contribution in [0.1, 0.15) is 28.2 Å². The quantitative estimate of drug-likeness (QED) is 0.721. The van der Waals surface area contributed by atoms with E-state index in [1.807, 2.05) is 31.2 Å². The number of thiophene rings is 1. The summed E-state index contributed by atoms with van der Waals surface area (Å²) in [5, 5.41) is 4.10. The number of nitrogens with zero attached hydrogens (tertiary/aromatic N) is 4. The number of hydrogen-bond donors (Lipinski definition) is 0. The van der Waals surface area contributed by atoms with Crippen LogP contribution in [0.4, 0.5) is 0 Å². The van der Waals surface area contributed by atoms with Gasteiger partial charge in [0.15, 0.2) is 0 Å². The topological polar surface area (TPSA) is 51.0 Å². The normalized spacial score (nSPS) is 12.1. The highest BCUT2D eigenvalue weighted by atomic mass is 35.5. The molecule has 0 aliphatic heterocycles. The Morgan fingerprint density at radius 3 is 2.57 bits per heavy atom. The van der Waals surface area contributed by atoms with E-state index in [1.54, 1.807) is 35.1 Å². The third kappa shape index (κ3) is 3.28. The highest BCUT2D eigenvalue weighted by Crippen LogP contribution is 2.26. The van der Waals surface area contributed by atoms with Gasteiger partial charge in [0.2, 0.25) is 0 Å². The molecular formula is C16H15ClN4OS. The van der Waals surface area contributed by atoms with E-state index in [4.69, 9.17) is 11.6 Å². The number of amides is 1. The molecule has 5 nitrogen and oxygen atoms in total. The maximum atomic E-state index is 12.5. The zero-order chi connectivity index (χ0) is 16.4. The molecule has 0 N–H and O–H groups in total. The third-order valence-electron chi connectivity index (χ3n) is 3.74. The molecule has 0 aliphatic carbocycles. The van der Waals surface area contributed by atoms with Crippen molar-refractivity contribution < 1.29 is 4.79 Å². The molecule has 0 spiro atoms. The molecular weight excluding hydrogens is 332 g/mol. The Hall–Kier alpha value is -2.18. The summed E-state index contributed by atoms with van der Waals surface area (Å²) in [6.45, 7) is 2.00. The first-order chi connectivity index (χ1) is 11.1. The molecule has 2 aromatic heterocycles. The van der Waals surface area contributed by atoms with Crippen LogP contribution in [0.15, 0.2) is 49.1 Å². The fraction of sp³-hybridized carbons (Fsp3) is 0.188. The predicted octanol–water partition coefficient (Wildman–Crippen LogP) is 3.82. The van der Waals surface area contributed by atoms with Gasteiger partial charge in [-0.25, -0.2) is 9.67 Å². The molecule has 0 radical (unpaired) electrons. The van der Waals surface area contributed by atoms with Crippen molar-refractivity contribution in [1.29, 1.82) is 0 Å². The van der Waals surface area contributed by atoms with Crippen LogP contribution in [-0.2, 0) is 0 Å². The Bertz CT molecular complexity index is 798. The minimum atomic E-state index is -0.0480. The summed E-state index contributed by atoms with van der Waals surface area (Å²) in [5.41, 5.74) is 1.98. The number of benzene rings is 1. The maximum absolute atomic E-state index is 12.5. The minimum absolute atomic E-state index is 0.0326. The first-order valence-electron chi connectivity index (χ1n) is 7.03. The molecule has 0 saturated carbocycles. The lowest BCUT2D eigenvalue weighted by Gasteiger charge is -2.25. The summed E-state index contributed by atoms with van der Waals surface area (Å²) in [5.74, 6) is -0.0326. The standard InChI is InChI=1S/C16H15ClN4OS/c1-11(20(2)16(22)14-7-8-15(17)23-14)12-3-5-13(6-4-12)21-10-18-9-19-21/h3-11H,1-2H3. The number of aromatic nitrogens is 3. The molecule has 1 unspecified atom stereocenters. The maximum Gasteiger partial charge on any atom is 0.264 e. The Morgan fingerprint density at radius 1 is 1.26 bits per heavy atom. The van der Waals surface area contributed by atoms with Crippen LogP contribution >= 0.6 is 22.9 Å². The average molecular weight is 347 g/mol. The second kappa shape index (κ2) is 6.52. The van der Waals surface area contributed by atoms with Gasteiger partial charge < -0.3 is 4.90 Å². The molecule has 0 aliphatic rings. The van der Waals surface area contributed by atoms with Gasteiger partial charge in [-0.1, -0.05) is 23.7 Å². The van der Waals surface area contributed by atoms with Crippen molar-refractivity contribution in [2.75, 3.05) is 7.05 Å². The summed E-state index contributed by atoms with van der Waals surface area (Å²) in [4.78, 5) is 18.8. The second-order valence-electron chi connectivity index (χ2n) is 5.13. The third-order valence-corrected chi connectivity index (χ3v) is 4.96. The van der Waals surface area contributed by atoms with Crippen LogP contribution in [-0.4, -0.2) is 32.6 Å². The van der Waals surface area contributed by atoms with Crippen LogP contribution in [0.2, 0.25) is 4.34 Å². The smallest absolute Gasteiger partial charge is 0.264 e. The van der Waals surface area contributed by atoms with E-state index < -0.39 is 0 Å². The second-order valence-corrected chi connectivity index (χ2v) is 6.84. The Labute approximate surface area is 143 Å². The fourth-order valence-electron chi connectivity index (χ4n) is 2.25. The van der Waals surface area contributed by atoms with Gasteiger partial charge in [-0.3, -0.25) is 4.79 Å². The summed E-state index contributed by atoms with van der Waals surface area (Å²) in [6.07, 6.45) is 3.14. The van der Waals surface area contributed by atoms with Gasteiger partial charge in [-0.15, -0.1) is 11.3 Å². The van der Waals surface area contributed by atoms with Crippen molar-refractivity contribution >= 4 is 28.8 Å².